The van der Waals surface area contributed by atoms with Crippen molar-refractivity contribution < 1.29 is 9.59 Å². The number of nitrogens with one attached hydrogen (secondary N) is 1. The SMILES string of the molecule is CSCc1nc2ccccc2n1CC(=O)Nc1ccccc1C(C)=O. The van der Waals surface area contributed by atoms with Gasteiger partial charge in [-0.3, -0.25) is 9.59 Å². The molecule has 0 aliphatic heterocycles. The molecule has 0 bridgehead atoms. The zero-order valence-corrected chi connectivity index (χ0v) is 15.0. The van der Waals surface area contributed by atoms with E-state index >= 15 is 0 Å². The summed E-state index contributed by atoms with van der Waals surface area (Å²) in [4.78, 5) is 28.9. The Labute approximate surface area is 150 Å². The molecule has 0 saturated carbocycles. The van der Waals surface area contributed by atoms with Gasteiger partial charge in [-0.15, -0.1) is 0 Å². The Bertz CT molecular complexity index is 933. The van der Waals surface area contributed by atoms with Gasteiger partial charge in [0.05, 0.1) is 22.5 Å². The zero-order chi connectivity index (χ0) is 17.8. The molecule has 128 valence electrons. The molecule has 6 heteroatoms. The number of amides is 1. The van der Waals surface area contributed by atoms with Gasteiger partial charge in [-0.1, -0.05) is 24.3 Å². The van der Waals surface area contributed by atoms with Crippen molar-refractivity contribution in [3.05, 3.63) is 59.9 Å². The Morgan fingerprint density at radius 2 is 1.84 bits per heavy atom. The van der Waals surface area contributed by atoms with Gasteiger partial charge < -0.3 is 9.88 Å². The van der Waals surface area contributed by atoms with Gasteiger partial charge in [-0.25, -0.2) is 4.98 Å². The van der Waals surface area contributed by atoms with Crippen LogP contribution in [-0.2, 0) is 17.1 Å². The topological polar surface area (TPSA) is 64.0 Å². The number of imidazole rings is 1. The second-order valence-electron chi connectivity index (χ2n) is 5.69. The maximum absolute atomic E-state index is 12.6. The molecule has 1 N–H and O–H groups in total. The normalized spacial score (nSPS) is 10.8. The van der Waals surface area contributed by atoms with E-state index in [1.54, 1.807) is 36.0 Å². The van der Waals surface area contributed by atoms with E-state index in [9.17, 15) is 9.59 Å². The van der Waals surface area contributed by atoms with E-state index in [-0.39, 0.29) is 18.2 Å². The third-order valence-electron chi connectivity index (χ3n) is 3.89. The molecule has 1 amide bonds. The molecular formula is C19H19N3O2S. The van der Waals surface area contributed by atoms with Crippen LogP contribution in [0.1, 0.15) is 23.1 Å². The fraction of sp³-hybridized carbons (Fsp3) is 0.211. The van der Waals surface area contributed by atoms with Gasteiger partial charge in [-0.2, -0.15) is 11.8 Å². The lowest BCUT2D eigenvalue weighted by Crippen LogP contribution is -2.21. The number of para-hydroxylation sites is 3. The van der Waals surface area contributed by atoms with E-state index in [1.807, 2.05) is 35.1 Å². The molecule has 2 aromatic carbocycles. The first-order chi connectivity index (χ1) is 12.1. The number of fused-ring (bicyclic) bond motifs is 1. The first-order valence-electron chi connectivity index (χ1n) is 7.93. The van der Waals surface area contributed by atoms with Gasteiger partial charge in [0.1, 0.15) is 12.4 Å². The number of nitrogens with zero attached hydrogens (tertiary/aromatic N) is 2. The molecule has 0 unspecified atom stereocenters. The summed E-state index contributed by atoms with van der Waals surface area (Å²) in [6.07, 6.45) is 2.01. The van der Waals surface area contributed by atoms with E-state index in [0.29, 0.717) is 11.3 Å². The number of carbonyl (C=O) groups is 2. The molecule has 3 aromatic rings. The standard InChI is InChI=1S/C19H19N3O2S/c1-13(23)14-7-3-4-8-15(14)21-19(24)11-22-17-10-6-5-9-16(17)20-18(22)12-25-2/h3-10H,11-12H2,1-2H3,(H,21,24). The fourth-order valence-corrected chi connectivity index (χ4v) is 3.25. The summed E-state index contributed by atoms with van der Waals surface area (Å²) in [6.45, 7) is 1.65. The van der Waals surface area contributed by atoms with Crippen LogP contribution >= 0.6 is 11.8 Å². The second kappa shape index (κ2) is 7.53. The van der Waals surface area contributed by atoms with Crippen LogP contribution in [0.5, 0.6) is 0 Å². The second-order valence-corrected chi connectivity index (χ2v) is 6.55. The highest BCUT2D eigenvalue weighted by Crippen LogP contribution is 2.20. The van der Waals surface area contributed by atoms with E-state index in [0.717, 1.165) is 22.6 Å². The van der Waals surface area contributed by atoms with Gasteiger partial charge >= 0.3 is 0 Å². The fourth-order valence-electron chi connectivity index (χ4n) is 2.77. The largest absolute Gasteiger partial charge is 0.324 e. The highest BCUT2D eigenvalue weighted by molar-refractivity contribution is 7.97. The lowest BCUT2D eigenvalue weighted by molar-refractivity contribution is -0.116. The van der Waals surface area contributed by atoms with Crippen molar-refractivity contribution in [1.82, 2.24) is 9.55 Å². The number of aromatic nitrogens is 2. The number of hydrogen-bond acceptors (Lipinski definition) is 4. The molecule has 5 nitrogen and oxygen atoms in total. The average molecular weight is 353 g/mol. The predicted octanol–water partition coefficient (Wildman–Crippen LogP) is 3.74. The van der Waals surface area contributed by atoms with Gasteiger partial charge in [0.15, 0.2) is 5.78 Å². The predicted molar refractivity (Wildman–Crippen MR) is 102 cm³/mol. The summed E-state index contributed by atoms with van der Waals surface area (Å²) in [5, 5.41) is 2.85. The molecule has 0 atom stereocenters. The van der Waals surface area contributed by atoms with Crippen LogP contribution in [0.15, 0.2) is 48.5 Å². The van der Waals surface area contributed by atoms with Crippen LogP contribution in [-0.4, -0.2) is 27.5 Å². The number of rotatable bonds is 6. The highest BCUT2D eigenvalue weighted by atomic mass is 32.2. The molecule has 0 saturated heterocycles. The van der Waals surface area contributed by atoms with Crippen molar-refractivity contribution >= 4 is 40.2 Å². The Morgan fingerprint density at radius 3 is 2.60 bits per heavy atom. The third-order valence-corrected chi connectivity index (χ3v) is 4.44. The van der Waals surface area contributed by atoms with E-state index in [4.69, 9.17) is 0 Å². The van der Waals surface area contributed by atoms with Gasteiger partial charge in [0.2, 0.25) is 5.91 Å². The van der Waals surface area contributed by atoms with Crippen LogP contribution in [0.2, 0.25) is 0 Å². The quantitative estimate of drug-likeness (QED) is 0.686. The summed E-state index contributed by atoms with van der Waals surface area (Å²) in [6, 6.07) is 14.8. The van der Waals surface area contributed by atoms with Gasteiger partial charge in [0, 0.05) is 5.56 Å². The molecule has 3 rings (SSSR count). The monoisotopic (exact) mass is 353 g/mol. The van der Waals surface area contributed by atoms with Gasteiger partial charge in [0.25, 0.3) is 0 Å². The lowest BCUT2D eigenvalue weighted by atomic mass is 10.1. The number of Topliss-reactive ketones (excluding diaryl/α,β-unsaturated/α-hetero) is 1. The highest BCUT2D eigenvalue weighted by Gasteiger charge is 2.15. The first kappa shape index (κ1) is 17.2. The number of hydrogen-bond donors (Lipinski definition) is 1. The summed E-state index contributed by atoms with van der Waals surface area (Å²) in [7, 11) is 0. The first-order valence-corrected chi connectivity index (χ1v) is 9.32. The smallest absolute Gasteiger partial charge is 0.244 e. The van der Waals surface area contributed by atoms with E-state index in [2.05, 4.69) is 10.3 Å². The lowest BCUT2D eigenvalue weighted by Gasteiger charge is -2.11. The molecule has 1 aromatic heterocycles. The van der Waals surface area contributed by atoms with Gasteiger partial charge in [-0.05, 0) is 37.4 Å². The maximum Gasteiger partial charge on any atom is 0.244 e. The molecule has 0 aliphatic rings. The number of benzene rings is 2. The van der Waals surface area contributed by atoms with E-state index in [1.165, 1.54) is 6.92 Å². The minimum absolute atomic E-state index is 0.0768. The van der Waals surface area contributed by atoms with Crippen LogP contribution in [0.4, 0.5) is 5.69 Å². The Balaban J connectivity index is 1.88. The van der Waals surface area contributed by atoms with Crippen LogP contribution in [0, 0.1) is 0 Å². The van der Waals surface area contributed by atoms with Crippen molar-refractivity contribution in [2.45, 2.75) is 19.2 Å². The number of thioether (sulfide) groups is 1. The molecule has 1 heterocycles. The van der Waals surface area contributed by atoms with Crippen molar-refractivity contribution in [2.75, 3.05) is 11.6 Å². The number of ketones is 1. The Morgan fingerprint density at radius 1 is 1.12 bits per heavy atom. The van der Waals surface area contributed by atoms with Crippen molar-refractivity contribution in [1.29, 1.82) is 0 Å². The molecule has 0 aliphatic carbocycles. The average Bonchev–Trinajstić information content (AvgIpc) is 2.93. The molecular weight excluding hydrogens is 334 g/mol. The van der Waals surface area contributed by atoms with Crippen molar-refractivity contribution in [3.8, 4) is 0 Å². The molecule has 0 radical (unpaired) electrons. The van der Waals surface area contributed by atoms with Crippen molar-refractivity contribution in [3.63, 3.8) is 0 Å². The zero-order valence-electron chi connectivity index (χ0n) is 14.2. The van der Waals surface area contributed by atoms with Crippen LogP contribution in [0.25, 0.3) is 11.0 Å². The summed E-state index contributed by atoms with van der Waals surface area (Å²) in [5.74, 6) is 1.33. The van der Waals surface area contributed by atoms with Crippen molar-refractivity contribution in [2.24, 2.45) is 0 Å². The van der Waals surface area contributed by atoms with E-state index < -0.39 is 0 Å². The minimum Gasteiger partial charge on any atom is -0.324 e. The minimum atomic E-state index is -0.181. The third kappa shape index (κ3) is 3.74. The Hall–Kier alpha value is -2.60. The molecule has 0 fully saturated rings. The number of anilines is 1. The summed E-state index contributed by atoms with van der Waals surface area (Å²) in [5.41, 5.74) is 2.86. The summed E-state index contributed by atoms with van der Waals surface area (Å²) < 4.78 is 1.93. The summed E-state index contributed by atoms with van der Waals surface area (Å²) >= 11 is 1.66. The number of carbonyl (C=O) groups excluding carboxylic acids is 2. The Kier molecular flexibility index (Phi) is 5.19. The maximum atomic E-state index is 12.6. The van der Waals surface area contributed by atoms with Crippen LogP contribution in [0.3, 0.4) is 0 Å². The molecule has 25 heavy (non-hydrogen) atoms. The van der Waals surface area contributed by atoms with Crippen LogP contribution < -0.4 is 5.32 Å². The molecule has 0 spiro atoms.